The highest BCUT2D eigenvalue weighted by Crippen LogP contribution is 2.15. The van der Waals surface area contributed by atoms with Gasteiger partial charge in [-0.2, -0.15) is 5.26 Å². The predicted octanol–water partition coefficient (Wildman–Crippen LogP) is 2.66. The van der Waals surface area contributed by atoms with Crippen molar-refractivity contribution in [3.8, 4) is 6.07 Å². The number of hydrogen-bond acceptors (Lipinski definition) is 4. The quantitative estimate of drug-likeness (QED) is 0.407. The predicted molar refractivity (Wildman–Crippen MR) is 95.7 cm³/mol. The highest BCUT2D eigenvalue weighted by molar-refractivity contribution is 7.92. The number of nitrogens with one attached hydrogen (secondary N) is 2. The van der Waals surface area contributed by atoms with Crippen LogP contribution in [0, 0.1) is 11.3 Å². The van der Waals surface area contributed by atoms with Gasteiger partial charge in [0.05, 0.1) is 6.26 Å². The van der Waals surface area contributed by atoms with Gasteiger partial charge in [-0.15, -0.1) is 0 Å². The van der Waals surface area contributed by atoms with Crippen LogP contribution in [0.3, 0.4) is 0 Å². The van der Waals surface area contributed by atoms with E-state index in [0.29, 0.717) is 17.8 Å². The summed E-state index contributed by atoms with van der Waals surface area (Å²) in [5.41, 5.74) is 0.937. The molecule has 0 bridgehead atoms. The number of hydrogen-bond donors (Lipinski definition) is 2. The van der Waals surface area contributed by atoms with Crippen molar-refractivity contribution >= 4 is 27.7 Å². The van der Waals surface area contributed by atoms with E-state index in [2.05, 4.69) is 17.0 Å². The molecular weight excluding hydrogens is 326 g/mol. The monoisotopic (exact) mass is 349 g/mol. The van der Waals surface area contributed by atoms with Crippen LogP contribution >= 0.6 is 0 Å². The lowest BCUT2D eigenvalue weighted by Crippen LogP contribution is -2.25. The smallest absolute Gasteiger partial charge is 0.261 e. The Morgan fingerprint density at radius 1 is 1.29 bits per heavy atom. The fourth-order valence-electron chi connectivity index (χ4n) is 2.07. The molecule has 0 saturated heterocycles. The second-order valence-electron chi connectivity index (χ2n) is 5.49. The van der Waals surface area contributed by atoms with E-state index in [-0.39, 0.29) is 5.57 Å². The average Bonchev–Trinajstić information content (AvgIpc) is 2.51. The van der Waals surface area contributed by atoms with Crippen LogP contribution in [-0.2, 0) is 14.8 Å². The summed E-state index contributed by atoms with van der Waals surface area (Å²) >= 11 is 0. The summed E-state index contributed by atoms with van der Waals surface area (Å²) in [5, 5.41) is 11.9. The molecule has 2 N–H and O–H groups in total. The summed E-state index contributed by atoms with van der Waals surface area (Å²) < 4.78 is 24.9. The minimum atomic E-state index is -3.38. The molecule has 0 fully saturated rings. The van der Waals surface area contributed by atoms with Crippen LogP contribution in [0.1, 0.15) is 38.2 Å². The van der Waals surface area contributed by atoms with Gasteiger partial charge in [0.1, 0.15) is 11.6 Å². The number of unbranched alkanes of at least 4 members (excludes halogenated alkanes) is 3. The Kier molecular flexibility index (Phi) is 7.99. The summed E-state index contributed by atoms with van der Waals surface area (Å²) in [6.07, 6.45) is 6.66. The topological polar surface area (TPSA) is 99.1 Å². The summed E-state index contributed by atoms with van der Waals surface area (Å²) in [6, 6.07) is 8.38. The van der Waals surface area contributed by atoms with Gasteiger partial charge in [0, 0.05) is 12.2 Å². The molecule has 24 heavy (non-hydrogen) atoms. The molecule has 6 nitrogen and oxygen atoms in total. The van der Waals surface area contributed by atoms with E-state index in [1.807, 2.05) is 6.07 Å². The fraction of sp³-hybridized carbons (Fsp3) is 0.412. The lowest BCUT2D eigenvalue weighted by atomic mass is 10.1. The SMILES string of the molecule is CCCCCCNC(=O)/C(C#N)=C/c1cccc(NS(C)(=O)=O)c1. The molecule has 0 aliphatic heterocycles. The van der Waals surface area contributed by atoms with Gasteiger partial charge in [0.25, 0.3) is 5.91 Å². The number of sulfonamides is 1. The highest BCUT2D eigenvalue weighted by atomic mass is 32.2. The molecule has 0 heterocycles. The molecule has 7 heteroatoms. The van der Waals surface area contributed by atoms with Gasteiger partial charge in [0.15, 0.2) is 0 Å². The molecule has 0 spiro atoms. The van der Waals surface area contributed by atoms with E-state index in [1.54, 1.807) is 24.3 Å². The van der Waals surface area contributed by atoms with Gasteiger partial charge in [-0.05, 0) is 30.2 Å². The van der Waals surface area contributed by atoms with Crippen molar-refractivity contribution in [3.05, 3.63) is 35.4 Å². The number of carbonyl (C=O) groups is 1. The zero-order valence-corrected chi connectivity index (χ0v) is 14.8. The fourth-order valence-corrected chi connectivity index (χ4v) is 2.63. The molecule has 1 amide bonds. The van der Waals surface area contributed by atoms with Gasteiger partial charge in [-0.1, -0.05) is 38.3 Å². The minimum Gasteiger partial charge on any atom is -0.351 e. The molecule has 0 radical (unpaired) electrons. The third-order valence-electron chi connectivity index (χ3n) is 3.18. The maximum Gasteiger partial charge on any atom is 0.261 e. The van der Waals surface area contributed by atoms with E-state index in [1.165, 1.54) is 6.08 Å². The average molecular weight is 349 g/mol. The van der Waals surface area contributed by atoms with Gasteiger partial charge >= 0.3 is 0 Å². The van der Waals surface area contributed by atoms with E-state index in [4.69, 9.17) is 5.26 Å². The zero-order valence-electron chi connectivity index (χ0n) is 14.0. The molecule has 0 aromatic heterocycles. The first kappa shape index (κ1) is 19.7. The first-order valence-electron chi connectivity index (χ1n) is 7.83. The molecule has 130 valence electrons. The van der Waals surface area contributed by atoms with Crippen molar-refractivity contribution < 1.29 is 13.2 Å². The van der Waals surface area contributed by atoms with Crippen molar-refractivity contribution in [2.45, 2.75) is 32.6 Å². The van der Waals surface area contributed by atoms with Crippen molar-refractivity contribution in [1.29, 1.82) is 5.26 Å². The van der Waals surface area contributed by atoms with Crippen molar-refractivity contribution in [3.63, 3.8) is 0 Å². The number of nitriles is 1. The summed E-state index contributed by atoms with van der Waals surface area (Å²) in [5.74, 6) is -0.421. The first-order chi connectivity index (χ1) is 11.4. The molecule has 1 aromatic carbocycles. The van der Waals surface area contributed by atoms with Gasteiger partial charge in [0.2, 0.25) is 10.0 Å². The Balaban J connectivity index is 2.75. The number of benzene rings is 1. The van der Waals surface area contributed by atoms with Gasteiger partial charge in [-0.25, -0.2) is 8.42 Å². The maximum absolute atomic E-state index is 12.0. The van der Waals surface area contributed by atoms with Gasteiger partial charge in [-0.3, -0.25) is 9.52 Å². The molecule has 0 aliphatic rings. The van der Waals surface area contributed by atoms with Crippen LogP contribution in [0.4, 0.5) is 5.69 Å². The third-order valence-corrected chi connectivity index (χ3v) is 3.79. The molecule has 1 rings (SSSR count). The van der Waals surface area contributed by atoms with Gasteiger partial charge < -0.3 is 5.32 Å². The van der Waals surface area contributed by atoms with E-state index < -0.39 is 15.9 Å². The second-order valence-corrected chi connectivity index (χ2v) is 7.23. The lowest BCUT2D eigenvalue weighted by Gasteiger charge is -2.06. The van der Waals surface area contributed by atoms with Crippen molar-refractivity contribution in [2.75, 3.05) is 17.5 Å². The summed E-state index contributed by atoms with van der Waals surface area (Å²) in [7, 11) is -3.38. The lowest BCUT2D eigenvalue weighted by molar-refractivity contribution is -0.117. The van der Waals surface area contributed by atoms with Crippen LogP contribution in [0.25, 0.3) is 6.08 Å². The van der Waals surface area contributed by atoms with Crippen molar-refractivity contribution in [2.24, 2.45) is 0 Å². The Morgan fingerprint density at radius 2 is 2.04 bits per heavy atom. The van der Waals surface area contributed by atoms with E-state index in [9.17, 15) is 13.2 Å². The van der Waals surface area contributed by atoms with Crippen LogP contribution in [-0.4, -0.2) is 27.1 Å². The number of amides is 1. The van der Waals surface area contributed by atoms with Crippen LogP contribution in [0.15, 0.2) is 29.8 Å². The third kappa shape index (κ3) is 7.79. The molecule has 0 atom stereocenters. The van der Waals surface area contributed by atoms with Crippen LogP contribution in [0.5, 0.6) is 0 Å². The highest BCUT2D eigenvalue weighted by Gasteiger charge is 2.09. The number of rotatable bonds is 9. The normalized spacial score (nSPS) is 11.6. The number of nitrogens with zero attached hydrogens (tertiary/aromatic N) is 1. The van der Waals surface area contributed by atoms with Crippen LogP contribution in [0.2, 0.25) is 0 Å². The molecule has 1 aromatic rings. The zero-order chi connectivity index (χ0) is 18.0. The molecule has 0 aliphatic carbocycles. The van der Waals surface area contributed by atoms with E-state index >= 15 is 0 Å². The largest absolute Gasteiger partial charge is 0.351 e. The Hall–Kier alpha value is -2.33. The second kappa shape index (κ2) is 9.73. The first-order valence-corrected chi connectivity index (χ1v) is 9.72. The van der Waals surface area contributed by atoms with E-state index in [0.717, 1.165) is 31.9 Å². The Bertz CT molecular complexity index is 734. The summed E-state index contributed by atoms with van der Waals surface area (Å²) in [6.45, 7) is 2.65. The number of anilines is 1. The van der Waals surface area contributed by atoms with Crippen LogP contribution < -0.4 is 10.0 Å². The number of carbonyl (C=O) groups excluding carboxylic acids is 1. The molecular formula is C17H23N3O3S. The minimum absolute atomic E-state index is 0.0120. The molecule has 0 saturated carbocycles. The molecule has 0 unspecified atom stereocenters. The maximum atomic E-state index is 12.0. The Labute approximate surface area is 143 Å². The van der Waals surface area contributed by atoms with Crippen molar-refractivity contribution in [1.82, 2.24) is 5.32 Å². The standard InChI is InChI=1S/C17H23N3O3S/c1-3-4-5-6-10-19-17(21)15(13-18)11-14-8-7-9-16(12-14)20-24(2,22)23/h7-9,11-12,20H,3-6,10H2,1-2H3,(H,19,21)/b15-11+. The Morgan fingerprint density at radius 3 is 2.67 bits per heavy atom. The summed E-state index contributed by atoms with van der Waals surface area (Å²) in [4.78, 5) is 12.0.